The van der Waals surface area contributed by atoms with Crippen molar-refractivity contribution in [3.63, 3.8) is 0 Å². The smallest absolute Gasteiger partial charge is 0.155 e. The molecule has 0 aliphatic heterocycles. The van der Waals surface area contributed by atoms with E-state index < -0.39 is 23.1 Å². The fourth-order valence-electron chi connectivity index (χ4n) is 3.34. The lowest BCUT2D eigenvalue weighted by atomic mass is 9.89. The molecule has 0 saturated carbocycles. The van der Waals surface area contributed by atoms with Crippen LogP contribution in [0.3, 0.4) is 0 Å². The minimum absolute atomic E-state index is 0.0422. The zero-order chi connectivity index (χ0) is 22.1. The van der Waals surface area contributed by atoms with Crippen LogP contribution in [0.1, 0.15) is 36.6 Å². The number of nitrogens with zero attached hydrogens (tertiary/aromatic N) is 1. The lowest BCUT2D eigenvalue weighted by molar-refractivity contribution is 0.0743. The molecule has 158 valence electrons. The van der Waals surface area contributed by atoms with Crippen molar-refractivity contribution in [2.45, 2.75) is 25.4 Å². The Morgan fingerprint density at radius 3 is 2.33 bits per heavy atom. The Labute approximate surface area is 178 Å². The number of benzene rings is 2. The highest BCUT2D eigenvalue weighted by atomic mass is 35.5. The van der Waals surface area contributed by atoms with Gasteiger partial charge in [-0.3, -0.25) is 0 Å². The predicted molar refractivity (Wildman–Crippen MR) is 112 cm³/mol. The highest BCUT2D eigenvalue weighted by molar-refractivity contribution is 6.31. The van der Waals surface area contributed by atoms with Crippen molar-refractivity contribution in [2.24, 2.45) is 0 Å². The fraction of sp³-hybridized carbons (Fsp3) is 0.261. The molecule has 1 atom stereocenters. The first-order chi connectivity index (χ1) is 14.1. The van der Waals surface area contributed by atoms with Gasteiger partial charge in [-0.1, -0.05) is 41.9 Å². The maximum absolute atomic E-state index is 15.4. The molecule has 0 aliphatic carbocycles. The highest BCUT2D eigenvalue weighted by Gasteiger charge is 2.29. The zero-order valence-corrected chi connectivity index (χ0v) is 17.6. The van der Waals surface area contributed by atoms with Gasteiger partial charge in [0.2, 0.25) is 0 Å². The molecule has 0 radical (unpaired) electrons. The normalized spacial score (nSPS) is 12.8. The van der Waals surface area contributed by atoms with Gasteiger partial charge in [0.1, 0.15) is 17.3 Å². The Morgan fingerprint density at radius 2 is 1.73 bits per heavy atom. The molecular formula is C23H22ClF3N2O. The molecule has 2 aromatic carbocycles. The third kappa shape index (κ3) is 4.51. The predicted octanol–water partition coefficient (Wildman–Crippen LogP) is 5.40. The molecule has 0 amide bonds. The maximum Gasteiger partial charge on any atom is 0.155 e. The molecule has 0 spiro atoms. The van der Waals surface area contributed by atoms with Crippen LogP contribution in [0.5, 0.6) is 0 Å². The van der Waals surface area contributed by atoms with Gasteiger partial charge < -0.3 is 10.4 Å². The van der Waals surface area contributed by atoms with Crippen molar-refractivity contribution in [2.75, 3.05) is 13.6 Å². The molecular weight excluding hydrogens is 413 g/mol. The van der Waals surface area contributed by atoms with Crippen LogP contribution in [-0.2, 0) is 5.60 Å². The fourth-order valence-corrected chi connectivity index (χ4v) is 3.50. The van der Waals surface area contributed by atoms with E-state index in [1.807, 2.05) is 30.3 Å². The Morgan fingerprint density at radius 1 is 1.07 bits per heavy atom. The number of halogens is 4. The minimum atomic E-state index is -1.56. The van der Waals surface area contributed by atoms with Crippen molar-refractivity contribution in [1.29, 1.82) is 0 Å². The van der Waals surface area contributed by atoms with Crippen LogP contribution in [0.25, 0.3) is 11.3 Å². The van der Waals surface area contributed by atoms with E-state index in [0.717, 1.165) is 11.6 Å². The summed E-state index contributed by atoms with van der Waals surface area (Å²) in [5.74, 6) is -3.12. The average molecular weight is 435 g/mol. The number of hydrogen-bond acceptors (Lipinski definition) is 3. The van der Waals surface area contributed by atoms with Gasteiger partial charge in [-0.15, -0.1) is 0 Å². The molecule has 30 heavy (non-hydrogen) atoms. The van der Waals surface area contributed by atoms with E-state index in [4.69, 9.17) is 11.6 Å². The monoisotopic (exact) mass is 434 g/mol. The van der Waals surface area contributed by atoms with Gasteiger partial charge in [-0.25, -0.2) is 18.2 Å². The molecule has 3 nitrogen and oxygen atoms in total. The van der Waals surface area contributed by atoms with Crippen LogP contribution in [-0.4, -0.2) is 23.7 Å². The van der Waals surface area contributed by atoms with Gasteiger partial charge in [-0.2, -0.15) is 0 Å². The molecule has 1 unspecified atom stereocenters. The van der Waals surface area contributed by atoms with Gasteiger partial charge in [0.25, 0.3) is 0 Å². The van der Waals surface area contributed by atoms with E-state index in [-0.39, 0.29) is 27.8 Å². The number of hydrogen-bond donors (Lipinski definition) is 2. The van der Waals surface area contributed by atoms with Crippen molar-refractivity contribution >= 4 is 11.6 Å². The number of aromatic nitrogens is 1. The summed E-state index contributed by atoms with van der Waals surface area (Å²) in [5, 5.41) is 13.3. The number of aliphatic hydroxyl groups is 1. The number of pyridine rings is 1. The third-order valence-electron chi connectivity index (χ3n) is 4.87. The van der Waals surface area contributed by atoms with E-state index >= 15 is 4.39 Å². The molecule has 0 bridgehead atoms. The highest BCUT2D eigenvalue weighted by Crippen LogP contribution is 2.36. The van der Waals surface area contributed by atoms with Crippen LogP contribution in [0, 0.1) is 17.5 Å². The van der Waals surface area contributed by atoms with Crippen LogP contribution >= 0.6 is 11.6 Å². The summed E-state index contributed by atoms with van der Waals surface area (Å²) in [7, 11) is 1.77. The summed E-state index contributed by atoms with van der Waals surface area (Å²) >= 11 is 5.81. The van der Waals surface area contributed by atoms with Crippen molar-refractivity contribution in [3.05, 3.63) is 87.8 Å². The van der Waals surface area contributed by atoms with E-state index in [0.29, 0.717) is 18.3 Å². The molecule has 2 N–H and O–H groups in total. The molecule has 7 heteroatoms. The SMILES string of the molecule is CNCC(c1ccccc1)c1cc(C(C)(C)O)c(F)c(-c2cc(Cl)c(F)cc2F)n1. The largest absolute Gasteiger partial charge is 0.386 e. The van der Waals surface area contributed by atoms with Gasteiger partial charge in [0, 0.05) is 29.7 Å². The minimum Gasteiger partial charge on any atom is -0.386 e. The van der Waals surface area contributed by atoms with Gasteiger partial charge in [0.15, 0.2) is 5.82 Å². The molecule has 3 rings (SSSR count). The second-order valence-electron chi connectivity index (χ2n) is 7.58. The van der Waals surface area contributed by atoms with Crippen LogP contribution < -0.4 is 5.32 Å². The van der Waals surface area contributed by atoms with Crippen molar-refractivity contribution < 1.29 is 18.3 Å². The maximum atomic E-state index is 15.4. The summed E-state index contributed by atoms with van der Waals surface area (Å²) in [6.45, 7) is 3.34. The second kappa shape index (κ2) is 8.76. The van der Waals surface area contributed by atoms with E-state index in [2.05, 4.69) is 10.3 Å². The van der Waals surface area contributed by atoms with Gasteiger partial charge >= 0.3 is 0 Å². The summed E-state index contributed by atoms with van der Waals surface area (Å²) in [5.41, 5.74) is -0.861. The molecule has 3 aromatic rings. The lowest BCUT2D eigenvalue weighted by Gasteiger charge is -2.24. The van der Waals surface area contributed by atoms with Gasteiger partial charge in [0.05, 0.1) is 16.3 Å². The van der Waals surface area contributed by atoms with Crippen LogP contribution in [0.4, 0.5) is 13.2 Å². The van der Waals surface area contributed by atoms with Crippen molar-refractivity contribution in [1.82, 2.24) is 10.3 Å². The average Bonchev–Trinajstić information content (AvgIpc) is 2.69. The molecule has 0 saturated heterocycles. The van der Waals surface area contributed by atoms with E-state index in [1.54, 1.807) is 7.05 Å². The Hall–Kier alpha value is -2.41. The summed E-state index contributed by atoms with van der Waals surface area (Å²) in [6, 6.07) is 12.5. The van der Waals surface area contributed by atoms with Crippen LogP contribution in [0.2, 0.25) is 5.02 Å². The summed E-state index contributed by atoms with van der Waals surface area (Å²) < 4.78 is 43.5. The Bertz CT molecular complexity index is 1050. The molecule has 1 aromatic heterocycles. The first-order valence-corrected chi connectivity index (χ1v) is 9.79. The summed E-state index contributed by atoms with van der Waals surface area (Å²) in [6.07, 6.45) is 0. The zero-order valence-electron chi connectivity index (χ0n) is 16.8. The topological polar surface area (TPSA) is 45.1 Å². The van der Waals surface area contributed by atoms with Crippen LogP contribution in [0.15, 0.2) is 48.5 Å². The molecule has 0 fully saturated rings. The van der Waals surface area contributed by atoms with Crippen molar-refractivity contribution in [3.8, 4) is 11.3 Å². The number of rotatable bonds is 6. The first kappa shape index (κ1) is 22.3. The lowest BCUT2D eigenvalue weighted by Crippen LogP contribution is -2.23. The molecule has 0 aliphatic rings. The first-order valence-electron chi connectivity index (χ1n) is 9.41. The standard InChI is InChI=1S/C23H22ClF3N2O/c1-23(2,30)16-10-20(15(12-28-3)13-7-5-4-6-8-13)29-22(21(16)27)14-9-17(24)19(26)11-18(14)25/h4-11,15,28,30H,12H2,1-3H3. The van der Waals surface area contributed by atoms with Gasteiger partial charge in [-0.05, 0) is 38.6 Å². The molecule has 1 heterocycles. The second-order valence-corrected chi connectivity index (χ2v) is 7.99. The Kier molecular flexibility index (Phi) is 6.50. The number of nitrogens with one attached hydrogen (secondary N) is 1. The Balaban J connectivity index is 2.30. The summed E-state index contributed by atoms with van der Waals surface area (Å²) in [4.78, 5) is 4.40. The number of likely N-dealkylation sites (N-methyl/N-ethyl adjacent to an activating group) is 1. The quantitative estimate of drug-likeness (QED) is 0.511. The third-order valence-corrected chi connectivity index (χ3v) is 5.16. The van der Waals surface area contributed by atoms with E-state index in [1.165, 1.54) is 19.9 Å². The van der Waals surface area contributed by atoms with E-state index in [9.17, 15) is 13.9 Å².